The molecule has 7 nitrogen and oxygen atoms in total. The lowest BCUT2D eigenvalue weighted by Gasteiger charge is -2.27. The number of sulfonamides is 1. The summed E-state index contributed by atoms with van der Waals surface area (Å²) in [7, 11) is -3.48. The van der Waals surface area contributed by atoms with Crippen molar-refractivity contribution < 1.29 is 13.2 Å². The van der Waals surface area contributed by atoms with Gasteiger partial charge in [0.2, 0.25) is 15.9 Å². The van der Waals surface area contributed by atoms with Gasteiger partial charge < -0.3 is 10.2 Å². The van der Waals surface area contributed by atoms with E-state index < -0.39 is 10.0 Å². The molecule has 114 valence electrons. The van der Waals surface area contributed by atoms with E-state index in [4.69, 9.17) is 0 Å². The molecule has 0 atom stereocenters. The Labute approximate surface area is 123 Å². The minimum atomic E-state index is -3.48. The van der Waals surface area contributed by atoms with Gasteiger partial charge in [-0.05, 0) is 30.9 Å². The maximum absolute atomic E-state index is 12.1. The zero-order chi connectivity index (χ0) is 14.9. The number of nitrogens with one attached hydrogen (secondary N) is 2. The molecule has 1 amide bonds. The number of piperazine rings is 1. The number of pyridine rings is 1. The van der Waals surface area contributed by atoms with Crippen molar-refractivity contribution in [3.63, 3.8) is 0 Å². The van der Waals surface area contributed by atoms with E-state index in [1.54, 1.807) is 6.07 Å². The van der Waals surface area contributed by atoms with Crippen LogP contribution in [0, 0.1) is 5.92 Å². The first-order valence-electron chi connectivity index (χ1n) is 7.02. The van der Waals surface area contributed by atoms with Crippen molar-refractivity contribution in [2.24, 2.45) is 5.92 Å². The monoisotopic (exact) mass is 310 g/mol. The highest BCUT2D eigenvalue weighted by Gasteiger charge is 2.24. The second kappa shape index (κ2) is 5.61. The van der Waals surface area contributed by atoms with Gasteiger partial charge in [0.1, 0.15) is 10.7 Å². The van der Waals surface area contributed by atoms with Gasteiger partial charge in [0.15, 0.2) is 0 Å². The van der Waals surface area contributed by atoms with Crippen LogP contribution >= 0.6 is 0 Å². The summed E-state index contributed by atoms with van der Waals surface area (Å²) in [6.07, 6.45) is 3.53. The van der Waals surface area contributed by atoms with Crippen LogP contribution in [0.25, 0.3) is 0 Å². The molecule has 8 heteroatoms. The lowest BCUT2D eigenvalue weighted by molar-refractivity contribution is -0.120. The second-order valence-electron chi connectivity index (χ2n) is 5.42. The van der Waals surface area contributed by atoms with E-state index in [9.17, 15) is 13.2 Å². The van der Waals surface area contributed by atoms with Gasteiger partial charge in [-0.15, -0.1) is 0 Å². The number of aromatic nitrogens is 1. The van der Waals surface area contributed by atoms with Gasteiger partial charge >= 0.3 is 0 Å². The molecule has 1 aliphatic carbocycles. The van der Waals surface area contributed by atoms with Gasteiger partial charge in [-0.2, -0.15) is 0 Å². The first-order valence-corrected chi connectivity index (χ1v) is 8.50. The van der Waals surface area contributed by atoms with Crippen LogP contribution in [0.4, 0.5) is 5.82 Å². The summed E-state index contributed by atoms with van der Waals surface area (Å²) in [5.41, 5.74) is 0. The maximum atomic E-state index is 12.1. The van der Waals surface area contributed by atoms with Crippen molar-refractivity contribution in [1.82, 2.24) is 15.0 Å². The number of hydrogen-bond acceptors (Lipinski definition) is 5. The van der Waals surface area contributed by atoms with Crippen LogP contribution < -0.4 is 14.9 Å². The molecule has 3 rings (SSSR count). The van der Waals surface area contributed by atoms with Crippen molar-refractivity contribution in [1.29, 1.82) is 0 Å². The summed E-state index contributed by atoms with van der Waals surface area (Å²) >= 11 is 0. The number of carbonyl (C=O) groups excluding carboxylic acids is 1. The van der Waals surface area contributed by atoms with E-state index in [-0.39, 0.29) is 17.3 Å². The molecule has 1 aliphatic heterocycles. The molecule has 0 spiro atoms. The van der Waals surface area contributed by atoms with E-state index in [1.165, 1.54) is 12.3 Å². The Morgan fingerprint density at radius 1 is 1.38 bits per heavy atom. The molecule has 0 unspecified atom stereocenters. The molecule has 2 heterocycles. The van der Waals surface area contributed by atoms with Gasteiger partial charge in [-0.3, -0.25) is 4.79 Å². The molecular formula is C13H18N4O3S. The predicted molar refractivity (Wildman–Crippen MR) is 77.4 cm³/mol. The molecule has 1 saturated heterocycles. The molecular weight excluding hydrogens is 292 g/mol. The molecule has 1 saturated carbocycles. The molecule has 1 aromatic heterocycles. The number of rotatable bonds is 5. The zero-order valence-electron chi connectivity index (χ0n) is 11.6. The molecule has 21 heavy (non-hydrogen) atoms. The lowest BCUT2D eigenvalue weighted by Crippen LogP contribution is -2.48. The molecule has 2 aliphatic rings. The third-order valence-electron chi connectivity index (χ3n) is 3.65. The van der Waals surface area contributed by atoms with Gasteiger partial charge in [-0.25, -0.2) is 18.1 Å². The van der Waals surface area contributed by atoms with E-state index in [0.29, 0.717) is 31.4 Å². The minimum Gasteiger partial charge on any atom is -0.353 e. The Bertz CT molecular complexity index is 625. The SMILES string of the molecule is O=C1CN(c2ccc(S(=O)(=O)NCC3CC3)cn2)CCN1. The Morgan fingerprint density at radius 2 is 2.19 bits per heavy atom. The van der Waals surface area contributed by atoms with E-state index in [0.717, 1.165) is 12.8 Å². The summed E-state index contributed by atoms with van der Waals surface area (Å²) < 4.78 is 26.7. The Balaban J connectivity index is 1.69. The standard InChI is InChI=1S/C13H18N4O3S/c18-13-9-17(6-5-14-13)12-4-3-11(8-15-12)21(19,20)16-7-10-1-2-10/h3-4,8,10,16H,1-2,5-7,9H2,(H,14,18). The maximum Gasteiger partial charge on any atom is 0.242 e. The summed E-state index contributed by atoms with van der Waals surface area (Å²) in [4.78, 5) is 17.5. The predicted octanol–water partition coefficient (Wildman–Crippen LogP) is -0.294. The van der Waals surface area contributed by atoms with E-state index in [2.05, 4.69) is 15.0 Å². The topological polar surface area (TPSA) is 91.4 Å². The molecule has 0 radical (unpaired) electrons. The van der Waals surface area contributed by atoms with Crippen LogP contribution in [0.15, 0.2) is 23.2 Å². The first kappa shape index (κ1) is 14.3. The highest BCUT2D eigenvalue weighted by molar-refractivity contribution is 7.89. The van der Waals surface area contributed by atoms with Crippen LogP contribution in [0.5, 0.6) is 0 Å². The molecule has 0 aromatic carbocycles. The highest BCUT2D eigenvalue weighted by Crippen LogP contribution is 2.28. The average Bonchev–Trinajstić information content (AvgIpc) is 3.30. The largest absolute Gasteiger partial charge is 0.353 e. The number of anilines is 1. The quantitative estimate of drug-likeness (QED) is 0.779. The smallest absolute Gasteiger partial charge is 0.242 e. The Hall–Kier alpha value is -1.67. The number of nitrogens with zero attached hydrogens (tertiary/aromatic N) is 2. The summed E-state index contributed by atoms with van der Waals surface area (Å²) in [5.74, 6) is 1.05. The van der Waals surface area contributed by atoms with Crippen LogP contribution in [0.1, 0.15) is 12.8 Å². The fourth-order valence-corrected chi connectivity index (χ4v) is 3.25. The summed E-state index contributed by atoms with van der Waals surface area (Å²) in [6.45, 7) is 1.99. The van der Waals surface area contributed by atoms with E-state index >= 15 is 0 Å². The van der Waals surface area contributed by atoms with Crippen LogP contribution in [-0.4, -0.2) is 45.5 Å². The third-order valence-corrected chi connectivity index (χ3v) is 5.06. The third kappa shape index (κ3) is 3.51. The zero-order valence-corrected chi connectivity index (χ0v) is 12.4. The Morgan fingerprint density at radius 3 is 2.81 bits per heavy atom. The van der Waals surface area contributed by atoms with Gasteiger partial charge in [0, 0.05) is 25.8 Å². The average molecular weight is 310 g/mol. The molecule has 1 aromatic rings. The highest BCUT2D eigenvalue weighted by atomic mass is 32.2. The van der Waals surface area contributed by atoms with Gasteiger partial charge in [0.05, 0.1) is 6.54 Å². The first-order chi connectivity index (χ1) is 10.0. The van der Waals surface area contributed by atoms with Crippen LogP contribution in [0.3, 0.4) is 0 Å². The normalized spacial score (nSPS) is 19.4. The number of hydrogen-bond donors (Lipinski definition) is 2. The molecule has 2 fully saturated rings. The number of carbonyl (C=O) groups is 1. The van der Waals surface area contributed by atoms with Crippen LogP contribution in [-0.2, 0) is 14.8 Å². The summed E-state index contributed by atoms with van der Waals surface area (Å²) in [6, 6.07) is 3.17. The van der Waals surface area contributed by atoms with E-state index in [1.807, 2.05) is 4.90 Å². The number of amides is 1. The minimum absolute atomic E-state index is 0.0501. The van der Waals surface area contributed by atoms with Crippen LogP contribution in [0.2, 0.25) is 0 Å². The van der Waals surface area contributed by atoms with Crippen molar-refractivity contribution >= 4 is 21.7 Å². The fraction of sp³-hybridized carbons (Fsp3) is 0.538. The van der Waals surface area contributed by atoms with Gasteiger partial charge in [-0.1, -0.05) is 0 Å². The second-order valence-corrected chi connectivity index (χ2v) is 7.19. The van der Waals surface area contributed by atoms with Crippen molar-refractivity contribution in [2.75, 3.05) is 31.1 Å². The molecule has 0 bridgehead atoms. The van der Waals surface area contributed by atoms with Crippen molar-refractivity contribution in [3.8, 4) is 0 Å². The fourth-order valence-electron chi connectivity index (χ4n) is 2.19. The lowest BCUT2D eigenvalue weighted by atomic mass is 10.3. The van der Waals surface area contributed by atoms with Crippen molar-refractivity contribution in [2.45, 2.75) is 17.7 Å². The van der Waals surface area contributed by atoms with Crippen molar-refractivity contribution in [3.05, 3.63) is 18.3 Å². The summed E-state index contributed by atoms with van der Waals surface area (Å²) in [5, 5.41) is 2.74. The van der Waals surface area contributed by atoms with Gasteiger partial charge in [0.25, 0.3) is 0 Å². The Kier molecular flexibility index (Phi) is 3.81. The molecule has 2 N–H and O–H groups in total.